The van der Waals surface area contributed by atoms with Gasteiger partial charge in [0.15, 0.2) is 0 Å². The van der Waals surface area contributed by atoms with Crippen LogP contribution in [0.4, 0.5) is 11.6 Å². The summed E-state index contributed by atoms with van der Waals surface area (Å²) in [6.45, 7) is 5.25. The van der Waals surface area contributed by atoms with Crippen molar-refractivity contribution in [2.45, 2.75) is 26.2 Å². The van der Waals surface area contributed by atoms with Gasteiger partial charge >= 0.3 is 0 Å². The van der Waals surface area contributed by atoms with E-state index in [1.54, 1.807) is 30.7 Å². The van der Waals surface area contributed by atoms with Crippen molar-refractivity contribution < 1.29 is 4.79 Å². The molecule has 1 atom stereocenters. The molecule has 0 aliphatic carbocycles. The van der Waals surface area contributed by atoms with Crippen molar-refractivity contribution in [2.24, 2.45) is 0 Å². The van der Waals surface area contributed by atoms with E-state index in [4.69, 9.17) is 0 Å². The summed E-state index contributed by atoms with van der Waals surface area (Å²) < 4.78 is 0. The smallest absolute Gasteiger partial charge is 0.246 e. The third-order valence-corrected chi connectivity index (χ3v) is 5.13. The molecular weight excluding hydrogens is 376 g/mol. The Morgan fingerprint density at radius 2 is 2.07 bits per heavy atom. The largest absolute Gasteiger partial charge is 0.338 e. The highest BCUT2D eigenvalue weighted by molar-refractivity contribution is 5.92. The molecule has 3 aromatic heterocycles. The van der Waals surface area contributed by atoms with Gasteiger partial charge in [-0.25, -0.2) is 15.0 Å². The zero-order chi connectivity index (χ0) is 20.9. The van der Waals surface area contributed by atoms with Gasteiger partial charge in [-0.3, -0.25) is 9.78 Å². The highest BCUT2D eigenvalue weighted by Crippen LogP contribution is 2.28. The Labute approximate surface area is 175 Å². The van der Waals surface area contributed by atoms with Gasteiger partial charge < -0.3 is 10.2 Å². The number of nitrogens with one attached hydrogen (secondary N) is 1. The molecule has 0 aromatic carbocycles. The number of hydrogen-bond acceptors (Lipinski definition) is 6. The SMILES string of the molecule is Cc1nc(Nc2ncccc2C)cc(C2CCN(C(=O)/C=C/c3cccnc3)C2)n1. The molecule has 4 heterocycles. The van der Waals surface area contributed by atoms with E-state index in [0.29, 0.717) is 18.9 Å². The van der Waals surface area contributed by atoms with Crippen LogP contribution < -0.4 is 5.32 Å². The number of carbonyl (C=O) groups is 1. The van der Waals surface area contributed by atoms with Gasteiger partial charge in [0.1, 0.15) is 17.5 Å². The zero-order valence-corrected chi connectivity index (χ0v) is 17.1. The fraction of sp³-hybridized carbons (Fsp3) is 0.261. The maximum atomic E-state index is 12.6. The molecule has 1 aliphatic rings. The van der Waals surface area contributed by atoms with Crippen molar-refractivity contribution in [3.63, 3.8) is 0 Å². The Bertz CT molecular complexity index is 1070. The molecule has 0 spiro atoms. The molecular formula is C23H24N6O. The number of carbonyl (C=O) groups excluding carboxylic acids is 1. The first-order valence-electron chi connectivity index (χ1n) is 10.00. The van der Waals surface area contributed by atoms with Crippen molar-refractivity contribution in [2.75, 3.05) is 18.4 Å². The van der Waals surface area contributed by atoms with E-state index in [0.717, 1.165) is 34.9 Å². The maximum Gasteiger partial charge on any atom is 0.246 e. The number of rotatable bonds is 5. The molecule has 1 aliphatic heterocycles. The number of aromatic nitrogens is 4. The summed E-state index contributed by atoms with van der Waals surface area (Å²) in [6, 6.07) is 9.65. The molecule has 0 bridgehead atoms. The lowest BCUT2D eigenvalue weighted by atomic mass is 10.0. The monoisotopic (exact) mass is 400 g/mol. The summed E-state index contributed by atoms with van der Waals surface area (Å²) in [5.74, 6) is 2.40. The average molecular weight is 400 g/mol. The average Bonchev–Trinajstić information content (AvgIpc) is 3.25. The van der Waals surface area contributed by atoms with Crippen LogP contribution in [0.25, 0.3) is 6.08 Å². The summed E-state index contributed by atoms with van der Waals surface area (Å²) in [5.41, 5.74) is 2.91. The lowest BCUT2D eigenvalue weighted by Gasteiger charge is -2.15. The Hall–Kier alpha value is -3.61. The van der Waals surface area contributed by atoms with Crippen LogP contribution in [0.2, 0.25) is 0 Å². The number of pyridine rings is 2. The Morgan fingerprint density at radius 3 is 2.87 bits per heavy atom. The van der Waals surface area contributed by atoms with Gasteiger partial charge in [0, 0.05) is 49.7 Å². The number of aryl methyl sites for hydroxylation is 2. The predicted molar refractivity (Wildman–Crippen MR) is 116 cm³/mol. The summed E-state index contributed by atoms with van der Waals surface area (Å²) >= 11 is 0. The highest BCUT2D eigenvalue weighted by atomic mass is 16.2. The van der Waals surface area contributed by atoms with Crippen LogP contribution in [0.3, 0.4) is 0 Å². The molecule has 7 nitrogen and oxygen atoms in total. The van der Waals surface area contributed by atoms with Gasteiger partial charge in [-0.1, -0.05) is 12.1 Å². The number of likely N-dealkylation sites (tertiary alicyclic amines) is 1. The van der Waals surface area contributed by atoms with E-state index in [9.17, 15) is 4.79 Å². The molecule has 30 heavy (non-hydrogen) atoms. The third kappa shape index (κ3) is 4.68. The van der Waals surface area contributed by atoms with Gasteiger partial charge in [0.25, 0.3) is 0 Å². The Balaban J connectivity index is 1.45. The van der Waals surface area contributed by atoms with Crippen LogP contribution in [0.1, 0.15) is 35.0 Å². The fourth-order valence-electron chi connectivity index (χ4n) is 3.55. The van der Waals surface area contributed by atoms with Crippen molar-refractivity contribution in [3.05, 3.63) is 77.6 Å². The van der Waals surface area contributed by atoms with Crippen LogP contribution in [0.5, 0.6) is 0 Å². The predicted octanol–water partition coefficient (Wildman–Crippen LogP) is 3.66. The first-order valence-corrected chi connectivity index (χ1v) is 10.00. The molecule has 4 rings (SSSR count). The van der Waals surface area contributed by atoms with E-state index < -0.39 is 0 Å². The molecule has 0 saturated carbocycles. The van der Waals surface area contributed by atoms with Crippen LogP contribution >= 0.6 is 0 Å². The van der Waals surface area contributed by atoms with Gasteiger partial charge in [-0.2, -0.15) is 0 Å². The van der Waals surface area contributed by atoms with E-state index in [1.807, 2.05) is 49.1 Å². The van der Waals surface area contributed by atoms with Gasteiger partial charge in [0.05, 0.1) is 5.69 Å². The second kappa shape index (κ2) is 8.82. The lowest BCUT2D eigenvalue weighted by molar-refractivity contribution is -0.124. The molecule has 1 N–H and O–H groups in total. The number of nitrogens with zero attached hydrogens (tertiary/aromatic N) is 5. The number of hydrogen-bond donors (Lipinski definition) is 1. The maximum absolute atomic E-state index is 12.6. The standard InChI is InChI=1S/C23H24N6O/c1-16-5-3-11-25-23(16)28-21-13-20(26-17(2)27-21)19-9-12-29(15-19)22(30)8-7-18-6-4-10-24-14-18/h3-8,10-11,13-14,19H,9,12,15H2,1-2H3,(H,25,26,27,28)/b8-7+. The van der Waals surface area contributed by atoms with Crippen molar-refractivity contribution >= 4 is 23.6 Å². The van der Waals surface area contributed by atoms with Crippen LogP contribution in [-0.2, 0) is 4.79 Å². The molecule has 7 heteroatoms. The second-order valence-electron chi connectivity index (χ2n) is 7.41. The van der Waals surface area contributed by atoms with Crippen LogP contribution in [0.15, 0.2) is 55.0 Å². The summed E-state index contributed by atoms with van der Waals surface area (Å²) in [4.78, 5) is 32.0. The zero-order valence-electron chi connectivity index (χ0n) is 17.1. The van der Waals surface area contributed by atoms with Crippen molar-refractivity contribution in [3.8, 4) is 0 Å². The fourth-order valence-corrected chi connectivity index (χ4v) is 3.55. The summed E-state index contributed by atoms with van der Waals surface area (Å²) in [6.07, 6.45) is 9.50. The normalized spacial score (nSPS) is 16.2. The number of anilines is 2. The van der Waals surface area contributed by atoms with E-state index in [-0.39, 0.29) is 11.8 Å². The Kier molecular flexibility index (Phi) is 5.79. The van der Waals surface area contributed by atoms with Crippen molar-refractivity contribution in [1.82, 2.24) is 24.8 Å². The minimum absolute atomic E-state index is 0.00888. The molecule has 1 saturated heterocycles. The molecule has 3 aromatic rings. The molecule has 1 amide bonds. The highest BCUT2D eigenvalue weighted by Gasteiger charge is 2.27. The molecule has 1 unspecified atom stereocenters. The van der Waals surface area contributed by atoms with Crippen LogP contribution in [-0.4, -0.2) is 43.8 Å². The minimum atomic E-state index is 0.00888. The van der Waals surface area contributed by atoms with E-state index in [1.165, 1.54) is 0 Å². The van der Waals surface area contributed by atoms with E-state index >= 15 is 0 Å². The number of amides is 1. The summed E-state index contributed by atoms with van der Waals surface area (Å²) in [5, 5.41) is 3.29. The minimum Gasteiger partial charge on any atom is -0.338 e. The molecule has 0 radical (unpaired) electrons. The van der Waals surface area contributed by atoms with E-state index in [2.05, 4.69) is 25.3 Å². The third-order valence-electron chi connectivity index (χ3n) is 5.13. The Morgan fingerprint density at radius 1 is 1.20 bits per heavy atom. The lowest BCUT2D eigenvalue weighted by Crippen LogP contribution is -2.26. The topological polar surface area (TPSA) is 83.9 Å². The van der Waals surface area contributed by atoms with Gasteiger partial charge in [-0.05, 0) is 49.6 Å². The van der Waals surface area contributed by atoms with Crippen molar-refractivity contribution in [1.29, 1.82) is 0 Å². The van der Waals surface area contributed by atoms with Gasteiger partial charge in [-0.15, -0.1) is 0 Å². The molecule has 152 valence electrons. The van der Waals surface area contributed by atoms with Gasteiger partial charge in [0.2, 0.25) is 5.91 Å². The van der Waals surface area contributed by atoms with Crippen LogP contribution in [0, 0.1) is 13.8 Å². The first kappa shape index (κ1) is 19.7. The molecule has 1 fully saturated rings. The first-order chi connectivity index (χ1) is 14.6. The quantitative estimate of drug-likeness (QED) is 0.658. The second-order valence-corrected chi connectivity index (χ2v) is 7.41. The summed E-state index contributed by atoms with van der Waals surface area (Å²) in [7, 11) is 0.